The van der Waals surface area contributed by atoms with Crippen LogP contribution in [-0.4, -0.2) is 49.5 Å². The van der Waals surface area contributed by atoms with Gasteiger partial charge in [-0.05, 0) is 30.9 Å². The van der Waals surface area contributed by atoms with Crippen LogP contribution in [-0.2, 0) is 20.2 Å². The van der Waals surface area contributed by atoms with Crippen molar-refractivity contribution < 1.29 is 5.11 Å². The molecule has 3 aromatic rings. The summed E-state index contributed by atoms with van der Waals surface area (Å²) >= 11 is 0. The summed E-state index contributed by atoms with van der Waals surface area (Å²) < 4.78 is 3.21. The number of benzene rings is 1. The normalized spacial score (nSPS) is 19.9. The molecule has 1 saturated heterocycles. The van der Waals surface area contributed by atoms with E-state index in [-0.39, 0.29) is 30.8 Å². The van der Waals surface area contributed by atoms with Crippen molar-refractivity contribution in [2.45, 2.75) is 64.9 Å². The predicted octanol–water partition coefficient (Wildman–Crippen LogP) is 3.19. The van der Waals surface area contributed by atoms with Crippen LogP contribution in [0.4, 0.5) is 5.69 Å². The fourth-order valence-electron chi connectivity index (χ4n) is 5.21. The number of fused-ring (bicyclic) bond motifs is 1. The van der Waals surface area contributed by atoms with Gasteiger partial charge >= 0.3 is 0 Å². The van der Waals surface area contributed by atoms with E-state index in [2.05, 4.69) is 53.9 Å². The molecule has 1 aromatic carbocycles. The zero-order valence-corrected chi connectivity index (χ0v) is 20.5. The van der Waals surface area contributed by atoms with Crippen LogP contribution in [0.3, 0.4) is 0 Å². The maximum absolute atomic E-state index is 12.8. The van der Waals surface area contributed by atoms with Gasteiger partial charge in [0.05, 0.1) is 30.1 Å². The van der Waals surface area contributed by atoms with E-state index in [9.17, 15) is 9.90 Å². The molecule has 0 saturated carbocycles. The van der Waals surface area contributed by atoms with Gasteiger partial charge < -0.3 is 14.6 Å². The number of hydrogen-bond donors (Lipinski definition) is 1. The molecule has 1 N–H and O–H groups in total. The molecule has 8 heteroatoms. The van der Waals surface area contributed by atoms with Crippen molar-refractivity contribution in [1.29, 1.82) is 5.26 Å². The molecule has 0 radical (unpaired) electrons. The first kappa shape index (κ1) is 24.0. The van der Waals surface area contributed by atoms with Crippen molar-refractivity contribution in [3.8, 4) is 6.07 Å². The number of anilines is 1. The highest BCUT2D eigenvalue weighted by molar-refractivity contribution is 5.88. The van der Waals surface area contributed by atoms with Gasteiger partial charge in [-0.2, -0.15) is 10.4 Å². The highest BCUT2D eigenvalue weighted by Gasteiger charge is 2.36. The SMILES string of the molecule is CC[C@H]1CN(C(C)c2cccc(CO)c2)[C@H](CC)CN1c1cc(=O)n(C)c2cn(CC#N)nc12. The maximum atomic E-state index is 12.8. The van der Waals surface area contributed by atoms with E-state index in [1.54, 1.807) is 28.6 Å². The average molecular weight is 463 g/mol. The van der Waals surface area contributed by atoms with Crippen LogP contribution in [0.25, 0.3) is 11.0 Å². The van der Waals surface area contributed by atoms with Gasteiger partial charge in [0.2, 0.25) is 0 Å². The quantitative estimate of drug-likeness (QED) is 0.580. The molecule has 0 aliphatic carbocycles. The zero-order valence-electron chi connectivity index (χ0n) is 20.5. The molecule has 34 heavy (non-hydrogen) atoms. The Morgan fingerprint density at radius 3 is 2.65 bits per heavy atom. The minimum atomic E-state index is -0.0708. The second kappa shape index (κ2) is 10.00. The molecule has 1 fully saturated rings. The van der Waals surface area contributed by atoms with Crippen LogP contribution < -0.4 is 10.5 Å². The molecule has 180 valence electrons. The summed E-state index contributed by atoms with van der Waals surface area (Å²) in [5.74, 6) is 0. The molecule has 1 aliphatic heterocycles. The highest BCUT2D eigenvalue weighted by Crippen LogP contribution is 2.34. The van der Waals surface area contributed by atoms with Crippen LogP contribution in [0.15, 0.2) is 41.3 Å². The molecule has 4 rings (SSSR count). The number of rotatable bonds is 7. The van der Waals surface area contributed by atoms with Crippen LogP contribution >= 0.6 is 0 Å². The molecule has 2 aromatic heterocycles. The Labute approximate surface area is 200 Å². The predicted molar refractivity (Wildman–Crippen MR) is 134 cm³/mol. The van der Waals surface area contributed by atoms with E-state index < -0.39 is 0 Å². The number of hydrogen-bond acceptors (Lipinski definition) is 6. The third-order valence-corrected chi connectivity index (χ3v) is 7.27. The number of piperazine rings is 1. The zero-order chi connectivity index (χ0) is 24.4. The first-order valence-electron chi connectivity index (χ1n) is 12.1. The van der Waals surface area contributed by atoms with Crippen LogP contribution in [0, 0.1) is 11.3 Å². The summed E-state index contributed by atoms with van der Waals surface area (Å²) in [6.45, 7) is 8.49. The van der Waals surface area contributed by atoms with Gasteiger partial charge in [0.15, 0.2) is 0 Å². The van der Waals surface area contributed by atoms with Crippen molar-refractivity contribution in [2.75, 3.05) is 18.0 Å². The number of aryl methyl sites for hydroxylation is 1. The molecular weight excluding hydrogens is 428 g/mol. The lowest BCUT2D eigenvalue weighted by atomic mass is 9.96. The number of aromatic nitrogens is 3. The summed E-state index contributed by atoms with van der Waals surface area (Å²) in [7, 11) is 1.75. The van der Waals surface area contributed by atoms with E-state index in [0.717, 1.165) is 48.2 Å². The monoisotopic (exact) mass is 462 g/mol. The summed E-state index contributed by atoms with van der Waals surface area (Å²) in [6.07, 6.45) is 3.70. The van der Waals surface area contributed by atoms with Gasteiger partial charge in [-0.25, -0.2) is 0 Å². The number of aliphatic hydroxyl groups is 1. The second-order valence-electron chi connectivity index (χ2n) is 9.20. The van der Waals surface area contributed by atoms with Crippen LogP contribution in [0.1, 0.15) is 50.8 Å². The smallest absolute Gasteiger partial charge is 0.252 e. The van der Waals surface area contributed by atoms with E-state index in [0.29, 0.717) is 6.04 Å². The summed E-state index contributed by atoms with van der Waals surface area (Å²) in [5, 5.41) is 23.4. The van der Waals surface area contributed by atoms with E-state index in [1.807, 2.05) is 12.1 Å². The molecule has 0 spiro atoms. The summed E-state index contributed by atoms with van der Waals surface area (Å²) in [6, 6.07) is 12.8. The Morgan fingerprint density at radius 1 is 1.21 bits per heavy atom. The molecule has 3 heterocycles. The Bertz CT molecular complexity index is 1260. The Hall–Kier alpha value is -3.15. The van der Waals surface area contributed by atoms with Gasteiger partial charge in [-0.15, -0.1) is 0 Å². The Morgan fingerprint density at radius 2 is 1.97 bits per heavy atom. The summed E-state index contributed by atoms with van der Waals surface area (Å²) in [5.41, 5.74) is 4.44. The van der Waals surface area contributed by atoms with E-state index in [4.69, 9.17) is 5.26 Å². The molecule has 1 aliphatic rings. The standard InChI is InChI=1S/C26H34N6O2/c1-5-21-15-32(23-13-25(34)29(4)24-16-30(11-10-27)28-26(23)24)22(6-2)14-31(21)18(3)20-9-7-8-19(12-20)17-33/h7-9,12-13,16,18,21-22,33H,5-6,11,14-15,17H2,1-4H3/t18?,21-,22+/m1/s1. The lowest BCUT2D eigenvalue weighted by Gasteiger charge is -2.49. The average Bonchev–Trinajstić information content (AvgIpc) is 3.29. The van der Waals surface area contributed by atoms with Gasteiger partial charge in [-0.3, -0.25) is 14.4 Å². The van der Waals surface area contributed by atoms with Crippen molar-refractivity contribution in [3.05, 3.63) is 58.0 Å². The fourth-order valence-corrected chi connectivity index (χ4v) is 5.21. The minimum Gasteiger partial charge on any atom is -0.392 e. The van der Waals surface area contributed by atoms with Crippen molar-refractivity contribution in [1.82, 2.24) is 19.2 Å². The molecule has 0 bridgehead atoms. The Balaban J connectivity index is 1.72. The van der Waals surface area contributed by atoms with Crippen molar-refractivity contribution in [2.24, 2.45) is 7.05 Å². The second-order valence-corrected chi connectivity index (χ2v) is 9.20. The molecule has 1 unspecified atom stereocenters. The van der Waals surface area contributed by atoms with Crippen molar-refractivity contribution in [3.63, 3.8) is 0 Å². The number of nitriles is 1. The van der Waals surface area contributed by atoms with Gasteiger partial charge in [0.25, 0.3) is 5.56 Å². The number of pyridine rings is 1. The maximum Gasteiger partial charge on any atom is 0.252 e. The fraction of sp³-hybridized carbons (Fsp3) is 0.500. The molecule has 8 nitrogen and oxygen atoms in total. The molecule has 3 atom stereocenters. The third kappa shape index (κ3) is 4.33. The topological polar surface area (TPSA) is 90.3 Å². The highest BCUT2D eigenvalue weighted by atomic mass is 16.3. The molecular formula is C26H34N6O2. The summed E-state index contributed by atoms with van der Waals surface area (Å²) in [4.78, 5) is 17.8. The lowest BCUT2D eigenvalue weighted by Crippen LogP contribution is -2.58. The van der Waals surface area contributed by atoms with Gasteiger partial charge in [0.1, 0.15) is 12.1 Å². The lowest BCUT2D eigenvalue weighted by molar-refractivity contribution is 0.101. The number of aliphatic hydroxyl groups excluding tert-OH is 1. The third-order valence-electron chi connectivity index (χ3n) is 7.27. The first-order chi connectivity index (χ1) is 16.4. The van der Waals surface area contributed by atoms with Gasteiger partial charge in [-0.1, -0.05) is 38.1 Å². The largest absolute Gasteiger partial charge is 0.392 e. The van der Waals surface area contributed by atoms with E-state index >= 15 is 0 Å². The first-order valence-corrected chi connectivity index (χ1v) is 12.1. The van der Waals surface area contributed by atoms with Crippen molar-refractivity contribution >= 4 is 16.7 Å². The van der Waals surface area contributed by atoms with E-state index in [1.165, 1.54) is 5.56 Å². The molecule has 0 amide bonds. The van der Waals surface area contributed by atoms with Crippen LogP contribution in [0.2, 0.25) is 0 Å². The minimum absolute atomic E-state index is 0.0422. The van der Waals surface area contributed by atoms with Gasteiger partial charge in [0, 0.05) is 44.3 Å². The number of nitrogens with zero attached hydrogens (tertiary/aromatic N) is 6. The van der Waals surface area contributed by atoms with Crippen LogP contribution in [0.5, 0.6) is 0 Å². The Kier molecular flexibility index (Phi) is 7.05.